The molecule has 0 fully saturated rings. The van der Waals surface area contributed by atoms with E-state index in [4.69, 9.17) is 4.74 Å². The minimum Gasteiger partial charge on any atom is -0.478 e. The van der Waals surface area contributed by atoms with Crippen LogP contribution in [0.5, 0.6) is 5.75 Å². The average molecular weight is 236 g/mol. The molecule has 2 aromatic rings. The predicted molar refractivity (Wildman–Crippen MR) is 74.6 cm³/mol. The van der Waals surface area contributed by atoms with Crippen molar-refractivity contribution in [3.63, 3.8) is 0 Å². The minimum atomic E-state index is -0.372. The summed E-state index contributed by atoms with van der Waals surface area (Å²) in [7, 11) is 0. The molecule has 0 aliphatic carbocycles. The lowest BCUT2D eigenvalue weighted by atomic mass is 9.92. The number of ether oxygens (including phenoxy) is 1. The van der Waals surface area contributed by atoms with E-state index in [1.807, 2.05) is 18.2 Å². The first-order valence-electron chi connectivity index (χ1n) is 6.22. The summed E-state index contributed by atoms with van der Waals surface area (Å²) in [4.78, 5) is 0. The molecule has 1 heteroatoms. The van der Waals surface area contributed by atoms with Gasteiger partial charge in [0.1, 0.15) is 11.4 Å². The zero-order valence-corrected chi connectivity index (χ0v) is 10.7. The van der Waals surface area contributed by atoms with Gasteiger partial charge in [-0.05, 0) is 37.6 Å². The second-order valence-corrected chi connectivity index (χ2v) is 4.95. The zero-order valence-electron chi connectivity index (χ0n) is 10.7. The van der Waals surface area contributed by atoms with E-state index >= 15 is 0 Å². The molecule has 1 aliphatic heterocycles. The summed E-state index contributed by atoms with van der Waals surface area (Å²) >= 11 is 0. The molecule has 0 spiro atoms. The normalized spacial score (nSPS) is 21.2. The van der Waals surface area contributed by atoms with Crippen molar-refractivity contribution in [2.75, 3.05) is 0 Å². The maximum absolute atomic E-state index is 6.17. The second kappa shape index (κ2) is 4.02. The van der Waals surface area contributed by atoms with Gasteiger partial charge < -0.3 is 4.74 Å². The van der Waals surface area contributed by atoms with Crippen LogP contribution in [-0.2, 0) is 5.60 Å². The fraction of sp³-hybridized carbons (Fsp3) is 0.176. The van der Waals surface area contributed by atoms with E-state index in [-0.39, 0.29) is 5.60 Å². The Morgan fingerprint density at radius 2 is 1.78 bits per heavy atom. The van der Waals surface area contributed by atoms with Gasteiger partial charge in [-0.1, -0.05) is 48.0 Å². The zero-order chi connectivity index (χ0) is 12.6. The van der Waals surface area contributed by atoms with Crippen molar-refractivity contribution >= 4 is 6.08 Å². The Hall–Kier alpha value is -2.02. The maximum Gasteiger partial charge on any atom is 0.150 e. The molecule has 1 heterocycles. The summed E-state index contributed by atoms with van der Waals surface area (Å²) in [5.41, 5.74) is 3.21. The Bertz CT molecular complexity index is 598. The summed E-state index contributed by atoms with van der Waals surface area (Å²) in [6, 6.07) is 16.6. The summed E-state index contributed by atoms with van der Waals surface area (Å²) in [6.45, 7) is 4.20. The molecule has 0 radical (unpaired) electrons. The van der Waals surface area contributed by atoms with Crippen LogP contribution < -0.4 is 4.74 Å². The second-order valence-electron chi connectivity index (χ2n) is 4.95. The van der Waals surface area contributed by atoms with Gasteiger partial charge in [-0.25, -0.2) is 0 Å². The van der Waals surface area contributed by atoms with Gasteiger partial charge in [0.25, 0.3) is 0 Å². The molecule has 90 valence electrons. The smallest absolute Gasteiger partial charge is 0.150 e. The molecule has 3 rings (SSSR count). The highest BCUT2D eigenvalue weighted by Gasteiger charge is 2.29. The lowest BCUT2D eigenvalue weighted by Crippen LogP contribution is -2.29. The Labute approximate surface area is 108 Å². The number of benzene rings is 2. The number of fused-ring (bicyclic) bond motifs is 1. The number of hydrogen-bond donors (Lipinski definition) is 0. The van der Waals surface area contributed by atoms with Crippen molar-refractivity contribution in [3.8, 4) is 5.75 Å². The van der Waals surface area contributed by atoms with Crippen molar-refractivity contribution in [1.82, 2.24) is 0 Å². The van der Waals surface area contributed by atoms with Crippen LogP contribution in [0.2, 0.25) is 0 Å². The molecule has 1 aliphatic rings. The van der Waals surface area contributed by atoms with Crippen LogP contribution in [0.15, 0.2) is 54.6 Å². The highest BCUT2D eigenvalue weighted by molar-refractivity contribution is 5.62. The Morgan fingerprint density at radius 3 is 2.56 bits per heavy atom. The first kappa shape index (κ1) is 11.1. The van der Waals surface area contributed by atoms with Crippen LogP contribution in [0.3, 0.4) is 0 Å². The van der Waals surface area contributed by atoms with Crippen LogP contribution >= 0.6 is 0 Å². The van der Waals surface area contributed by atoms with E-state index in [9.17, 15) is 0 Å². The van der Waals surface area contributed by atoms with E-state index in [0.29, 0.717) is 0 Å². The van der Waals surface area contributed by atoms with Crippen LogP contribution in [-0.4, -0.2) is 0 Å². The fourth-order valence-electron chi connectivity index (χ4n) is 2.33. The van der Waals surface area contributed by atoms with Gasteiger partial charge >= 0.3 is 0 Å². The predicted octanol–water partition coefficient (Wildman–Crippen LogP) is 4.32. The van der Waals surface area contributed by atoms with Gasteiger partial charge in [-0.3, -0.25) is 0 Å². The molecule has 0 saturated heterocycles. The minimum absolute atomic E-state index is 0.372. The van der Waals surface area contributed by atoms with Crippen LogP contribution in [0.4, 0.5) is 0 Å². The van der Waals surface area contributed by atoms with E-state index in [1.54, 1.807) is 0 Å². The van der Waals surface area contributed by atoms with Crippen LogP contribution in [0, 0.1) is 6.92 Å². The van der Waals surface area contributed by atoms with Crippen molar-refractivity contribution in [3.05, 3.63) is 71.3 Å². The SMILES string of the molecule is Cc1ccc2c(c1)C=CC(C)(c1ccccc1)O2. The largest absolute Gasteiger partial charge is 0.478 e. The molecule has 1 atom stereocenters. The van der Waals surface area contributed by atoms with E-state index in [0.717, 1.165) is 11.3 Å². The van der Waals surface area contributed by atoms with Crippen LogP contribution in [0.1, 0.15) is 23.6 Å². The Kier molecular flexibility index (Phi) is 2.48. The van der Waals surface area contributed by atoms with Gasteiger partial charge in [-0.15, -0.1) is 0 Å². The molecule has 18 heavy (non-hydrogen) atoms. The lowest BCUT2D eigenvalue weighted by molar-refractivity contribution is 0.138. The monoisotopic (exact) mass is 236 g/mol. The molecular formula is C17H16O. The average Bonchev–Trinajstić information content (AvgIpc) is 2.40. The Morgan fingerprint density at radius 1 is 1.00 bits per heavy atom. The fourth-order valence-corrected chi connectivity index (χ4v) is 2.33. The van der Waals surface area contributed by atoms with Gasteiger partial charge in [-0.2, -0.15) is 0 Å². The number of aryl methyl sites for hydroxylation is 1. The molecule has 0 saturated carbocycles. The topological polar surface area (TPSA) is 9.23 Å². The van der Waals surface area contributed by atoms with Crippen molar-refractivity contribution in [2.45, 2.75) is 19.4 Å². The molecule has 0 aromatic heterocycles. The van der Waals surface area contributed by atoms with E-state index < -0.39 is 0 Å². The number of rotatable bonds is 1. The van der Waals surface area contributed by atoms with Gasteiger partial charge in [0.2, 0.25) is 0 Å². The molecule has 2 aromatic carbocycles. The summed E-state index contributed by atoms with van der Waals surface area (Å²) in [6.07, 6.45) is 4.28. The molecular weight excluding hydrogens is 220 g/mol. The highest BCUT2D eigenvalue weighted by Crippen LogP contribution is 2.37. The quantitative estimate of drug-likeness (QED) is 0.716. The summed E-state index contributed by atoms with van der Waals surface area (Å²) < 4.78 is 6.17. The lowest BCUT2D eigenvalue weighted by Gasteiger charge is -2.32. The summed E-state index contributed by atoms with van der Waals surface area (Å²) in [5.74, 6) is 0.953. The van der Waals surface area contributed by atoms with Gasteiger partial charge in [0.15, 0.2) is 0 Å². The van der Waals surface area contributed by atoms with E-state index in [2.05, 4.69) is 56.3 Å². The number of hydrogen-bond acceptors (Lipinski definition) is 1. The summed E-state index contributed by atoms with van der Waals surface area (Å²) in [5, 5.41) is 0. The van der Waals surface area contributed by atoms with Crippen molar-refractivity contribution in [2.24, 2.45) is 0 Å². The standard InChI is InChI=1S/C17H16O/c1-13-8-9-16-14(12-13)10-11-17(2,18-16)15-6-4-3-5-7-15/h3-12H,1-2H3. The van der Waals surface area contributed by atoms with Gasteiger partial charge in [0.05, 0.1) is 0 Å². The maximum atomic E-state index is 6.17. The third-order valence-electron chi connectivity index (χ3n) is 3.42. The first-order chi connectivity index (χ1) is 8.67. The Balaban J connectivity index is 2.03. The van der Waals surface area contributed by atoms with Crippen molar-refractivity contribution < 1.29 is 4.74 Å². The molecule has 1 unspecified atom stereocenters. The third-order valence-corrected chi connectivity index (χ3v) is 3.42. The third kappa shape index (κ3) is 1.82. The molecule has 0 N–H and O–H groups in total. The van der Waals surface area contributed by atoms with E-state index in [1.165, 1.54) is 11.1 Å². The molecule has 1 nitrogen and oxygen atoms in total. The highest BCUT2D eigenvalue weighted by atomic mass is 16.5. The van der Waals surface area contributed by atoms with Crippen molar-refractivity contribution in [1.29, 1.82) is 0 Å². The molecule has 0 amide bonds. The first-order valence-corrected chi connectivity index (χ1v) is 6.22. The molecule has 0 bridgehead atoms. The van der Waals surface area contributed by atoms with Crippen LogP contribution in [0.25, 0.3) is 6.08 Å². The van der Waals surface area contributed by atoms with Gasteiger partial charge in [0, 0.05) is 5.56 Å².